The number of carbonyl (C=O) groups excluding carboxylic acids is 1. The third-order valence-corrected chi connectivity index (χ3v) is 4.77. The molecule has 2 rings (SSSR count). The van der Waals surface area contributed by atoms with Crippen molar-refractivity contribution in [3.8, 4) is 0 Å². The summed E-state index contributed by atoms with van der Waals surface area (Å²) >= 11 is 0. The summed E-state index contributed by atoms with van der Waals surface area (Å²) in [6.45, 7) is 10.2. The quantitative estimate of drug-likeness (QED) is 0.903. The molecule has 0 aliphatic carbocycles. The molecule has 2 atom stereocenters. The first-order valence-corrected chi connectivity index (χ1v) is 8.65. The number of hydrogen-bond acceptors (Lipinski definition) is 3. The maximum Gasteiger partial charge on any atom is 0.270 e. The molecule has 1 aromatic heterocycles. The average Bonchev–Trinajstić information content (AvgIpc) is 2.90. The van der Waals surface area contributed by atoms with E-state index in [-0.39, 0.29) is 11.9 Å². The monoisotopic (exact) mass is 321 g/mol. The van der Waals surface area contributed by atoms with Crippen LogP contribution in [0.25, 0.3) is 0 Å². The molecule has 1 aliphatic rings. The van der Waals surface area contributed by atoms with E-state index in [2.05, 4.69) is 18.7 Å². The lowest BCUT2D eigenvalue weighted by Gasteiger charge is -2.47. The van der Waals surface area contributed by atoms with Crippen LogP contribution in [0.5, 0.6) is 0 Å². The summed E-state index contributed by atoms with van der Waals surface area (Å²) in [5, 5.41) is 10.2. The Kier molecular flexibility index (Phi) is 5.53. The first-order valence-electron chi connectivity index (χ1n) is 8.65. The maximum atomic E-state index is 12.9. The largest absolute Gasteiger partial charge is 0.389 e. The zero-order valence-electron chi connectivity index (χ0n) is 15.1. The van der Waals surface area contributed by atoms with E-state index in [1.165, 1.54) is 0 Å². The number of piperazine rings is 1. The Bertz CT molecular complexity index is 533. The number of aliphatic hydroxyl groups is 1. The fourth-order valence-electron chi connectivity index (χ4n) is 3.52. The Labute approximate surface area is 139 Å². The third-order valence-electron chi connectivity index (χ3n) is 4.77. The molecule has 1 saturated heterocycles. The highest BCUT2D eigenvalue weighted by Gasteiger charge is 2.37. The third kappa shape index (κ3) is 4.15. The van der Waals surface area contributed by atoms with E-state index in [1.54, 1.807) is 0 Å². The Morgan fingerprint density at radius 2 is 1.91 bits per heavy atom. The van der Waals surface area contributed by atoms with Crippen LogP contribution in [0.15, 0.2) is 18.3 Å². The van der Waals surface area contributed by atoms with Gasteiger partial charge in [0.2, 0.25) is 0 Å². The molecule has 0 spiro atoms. The van der Waals surface area contributed by atoms with Gasteiger partial charge < -0.3 is 14.6 Å². The number of β-amino-alcohol motifs (C(OH)–C–C–N with tert-alkyl or cyclic N) is 1. The molecular formula is C18H31N3O2. The van der Waals surface area contributed by atoms with Crippen molar-refractivity contribution in [2.24, 2.45) is 7.05 Å². The molecule has 5 nitrogen and oxygen atoms in total. The zero-order valence-corrected chi connectivity index (χ0v) is 15.1. The van der Waals surface area contributed by atoms with Crippen molar-refractivity contribution in [3.63, 3.8) is 0 Å². The Morgan fingerprint density at radius 1 is 1.26 bits per heavy atom. The van der Waals surface area contributed by atoms with Crippen molar-refractivity contribution in [3.05, 3.63) is 24.0 Å². The Balaban J connectivity index is 2.19. The summed E-state index contributed by atoms with van der Waals surface area (Å²) in [4.78, 5) is 17.3. The molecule has 1 amide bonds. The van der Waals surface area contributed by atoms with Crippen LogP contribution in [0.1, 0.15) is 51.0 Å². The molecule has 5 heteroatoms. The van der Waals surface area contributed by atoms with Crippen molar-refractivity contribution in [1.29, 1.82) is 0 Å². The van der Waals surface area contributed by atoms with Crippen molar-refractivity contribution < 1.29 is 9.90 Å². The van der Waals surface area contributed by atoms with E-state index >= 15 is 0 Å². The average molecular weight is 321 g/mol. The molecule has 23 heavy (non-hydrogen) atoms. The van der Waals surface area contributed by atoms with Gasteiger partial charge in [-0.2, -0.15) is 0 Å². The van der Waals surface area contributed by atoms with Gasteiger partial charge in [0.15, 0.2) is 0 Å². The second kappa shape index (κ2) is 7.05. The number of aromatic nitrogens is 1. The number of amides is 1. The summed E-state index contributed by atoms with van der Waals surface area (Å²) in [6, 6.07) is 4.30. The number of hydrogen-bond donors (Lipinski definition) is 1. The number of aryl methyl sites for hydroxylation is 1. The van der Waals surface area contributed by atoms with E-state index in [1.807, 2.05) is 48.7 Å². The first kappa shape index (κ1) is 18.0. The minimum Gasteiger partial charge on any atom is -0.389 e. The van der Waals surface area contributed by atoms with Crippen LogP contribution in [-0.4, -0.2) is 62.7 Å². The molecule has 1 aromatic rings. The smallest absolute Gasteiger partial charge is 0.270 e. The van der Waals surface area contributed by atoms with Gasteiger partial charge in [-0.05, 0) is 38.8 Å². The van der Waals surface area contributed by atoms with Crippen LogP contribution >= 0.6 is 0 Å². The SMILES string of the molecule is CCC1CN(C(=O)c2cccn2C)C(CC)CN1CC(C)(C)O. The van der Waals surface area contributed by atoms with E-state index in [9.17, 15) is 9.90 Å². The topological polar surface area (TPSA) is 48.7 Å². The zero-order chi connectivity index (χ0) is 17.2. The van der Waals surface area contributed by atoms with Gasteiger partial charge in [-0.1, -0.05) is 13.8 Å². The van der Waals surface area contributed by atoms with Gasteiger partial charge in [-0.25, -0.2) is 0 Å². The van der Waals surface area contributed by atoms with Gasteiger partial charge in [0.1, 0.15) is 5.69 Å². The molecule has 1 N–H and O–H groups in total. The summed E-state index contributed by atoms with van der Waals surface area (Å²) in [5.41, 5.74) is 0.0324. The van der Waals surface area contributed by atoms with Crippen molar-refractivity contribution in [2.45, 2.75) is 58.2 Å². The van der Waals surface area contributed by atoms with Gasteiger partial charge in [0.05, 0.1) is 5.60 Å². The number of rotatable bonds is 5. The molecule has 2 heterocycles. The molecule has 1 fully saturated rings. The Morgan fingerprint density at radius 3 is 2.39 bits per heavy atom. The highest BCUT2D eigenvalue weighted by atomic mass is 16.3. The predicted molar refractivity (Wildman–Crippen MR) is 92.5 cm³/mol. The standard InChI is InChI=1S/C18H31N3O2/c1-6-14-12-21(17(22)16-9-8-10-19(16)5)15(7-2)11-20(14)13-18(3,4)23/h8-10,14-15,23H,6-7,11-13H2,1-5H3. The lowest BCUT2D eigenvalue weighted by Crippen LogP contribution is -2.61. The molecule has 130 valence electrons. The first-order chi connectivity index (χ1) is 10.8. The van der Waals surface area contributed by atoms with Gasteiger partial charge >= 0.3 is 0 Å². The molecule has 0 saturated carbocycles. The van der Waals surface area contributed by atoms with Crippen molar-refractivity contribution >= 4 is 5.91 Å². The van der Waals surface area contributed by atoms with Gasteiger partial charge in [0.25, 0.3) is 5.91 Å². The van der Waals surface area contributed by atoms with Crippen LogP contribution in [0.2, 0.25) is 0 Å². The fraction of sp³-hybridized carbons (Fsp3) is 0.722. The van der Waals surface area contributed by atoms with Crippen LogP contribution in [0.3, 0.4) is 0 Å². The molecule has 0 radical (unpaired) electrons. The molecule has 0 aromatic carbocycles. The second-order valence-electron chi connectivity index (χ2n) is 7.33. The van der Waals surface area contributed by atoms with Crippen LogP contribution < -0.4 is 0 Å². The van der Waals surface area contributed by atoms with Gasteiger partial charge in [-0.3, -0.25) is 9.69 Å². The number of carbonyl (C=O) groups is 1. The summed E-state index contributed by atoms with van der Waals surface area (Å²) in [5.74, 6) is 0.116. The lowest BCUT2D eigenvalue weighted by molar-refractivity contribution is -0.0239. The van der Waals surface area contributed by atoms with Gasteiger partial charge in [0, 0.05) is 45.0 Å². The van der Waals surface area contributed by atoms with Crippen molar-refractivity contribution in [1.82, 2.24) is 14.4 Å². The lowest BCUT2D eigenvalue weighted by atomic mass is 9.99. The second-order valence-corrected chi connectivity index (χ2v) is 7.33. The summed E-state index contributed by atoms with van der Waals surface area (Å²) in [6.07, 6.45) is 3.81. The molecule has 1 aliphatic heterocycles. The van der Waals surface area contributed by atoms with Crippen molar-refractivity contribution in [2.75, 3.05) is 19.6 Å². The maximum absolute atomic E-state index is 12.9. The van der Waals surface area contributed by atoms with E-state index in [4.69, 9.17) is 0 Å². The Hall–Kier alpha value is -1.33. The summed E-state index contributed by atoms with van der Waals surface area (Å²) in [7, 11) is 1.91. The minimum absolute atomic E-state index is 0.116. The molecular weight excluding hydrogens is 290 g/mol. The predicted octanol–water partition coefficient (Wildman–Crippen LogP) is 2.11. The minimum atomic E-state index is -0.712. The molecule has 0 bridgehead atoms. The highest BCUT2D eigenvalue weighted by Crippen LogP contribution is 2.23. The van der Waals surface area contributed by atoms with Crippen LogP contribution in [-0.2, 0) is 7.05 Å². The number of nitrogens with zero attached hydrogens (tertiary/aromatic N) is 3. The fourth-order valence-corrected chi connectivity index (χ4v) is 3.52. The van der Waals surface area contributed by atoms with Crippen LogP contribution in [0.4, 0.5) is 0 Å². The normalized spacial score (nSPS) is 23.3. The highest BCUT2D eigenvalue weighted by molar-refractivity contribution is 5.93. The van der Waals surface area contributed by atoms with Crippen LogP contribution in [0, 0.1) is 0 Å². The van der Waals surface area contributed by atoms with E-state index in [0.29, 0.717) is 12.6 Å². The van der Waals surface area contributed by atoms with E-state index in [0.717, 1.165) is 31.6 Å². The molecule has 2 unspecified atom stereocenters. The van der Waals surface area contributed by atoms with E-state index < -0.39 is 5.60 Å². The van der Waals surface area contributed by atoms with Gasteiger partial charge in [-0.15, -0.1) is 0 Å². The summed E-state index contributed by atoms with van der Waals surface area (Å²) < 4.78 is 1.89.